The summed E-state index contributed by atoms with van der Waals surface area (Å²) < 4.78 is 17.5. The maximum absolute atomic E-state index is 14.1. The first-order chi connectivity index (χ1) is 20.9. The zero-order valence-electron chi connectivity index (χ0n) is 23.7. The highest BCUT2D eigenvalue weighted by Crippen LogP contribution is 2.65. The van der Waals surface area contributed by atoms with E-state index in [1.165, 1.54) is 6.08 Å². The maximum Gasteiger partial charge on any atom is 0.254 e. The largest absolute Gasteiger partial charge is 0.493 e. The summed E-state index contributed by atoms with van der Waals surface area (Å²) in [4.78, 5) is 33.4. The van der Waals surface area contributed by atoms with Gasteiger partial charge in [-0.05, 0) is 73.7 Å². The highest BCUT2D eigenvalue weighted by atomic mass is 16.5. The van der Waals surface area contributed by atoms with E-state index in [4.69, 9.17) is 13.9 Å². The number of amides is 2. The van der Waals surface area contributed by atoms with E-state index in [1.54, 1.807) is 38.0 Å². The molecule has 9 nitrogen and oxygen atoms in total. The van der Waals surface area contributed by atoms with Crippen LogP contribution in [0.5, 0.6) is 11.5 Å². The van der Waals surface area contributed by atoms with Crippen LogP contribution in [0.1, 0.15) is 46.3 Å². The van der Waals surface area contributed by atoms with E-state index in [9.17, 15) is 14.7 Å². The number of carbonyl (C=O) groups excluding carboxylic acids is 2. The molecule has 2 fully saturated rings. The number of hydrogen-bond donors (Lipinski definition) is 2. The molecule has 2 aliphatic carbocycles. The number of carbonyl (C=O) groups is 2. The van der Waals surface area contributed by atoms with Crippen molar-refractivity contribution >= 4 is 28.8 Å². The summed E-state index contributed by atoms with van der Waals surface area (Å²) in [6.07, 6.45) is 9.45. The smallest absolute Gasteiger partial charge is 0.254 e. The minimum atomic E-state index is -1.25. The Balaban J connectivity index is 1.17. The molecule has 2 N–H and O–H groups in total. The van der Waals surface area contributed by atoms with Gasteiger partial charge in [0.2, 0.25) is 5.91 Å². The standard InChI is InChI=1S/C34H31N3O6/c1-41-26-8-6-22-18-27-34(40)12-10-25(36-28(38)9-4-20-11-16-42-19-20)31-33(34,29(22)30(26)43-31)13-15-37(27)32(39)23-5-7-24-21(17-23)3-2-14-35-24/h2-9,11,14,16-17,19,25,27,31,40H,10,12-13,15,18H2,1H3,(H,36,38)/b9-4+/t25-,27-,31+,33+,34-/m1/s1. The number of nitrogens with zero attached hydrogens (tertiary/aromatic N) is 2. The van der Waals surface area contributed by atoms with Gasteiger partial charge in [0.1, 0.15) is 6.10 Å². The number of fused-ring (bicyclic) bond motifs is 1. The molecule has 2 bridgehead atoms. The van der Waals surface area contributed by atoms with Crippen molar-refractivity contribution in [2.24, 2.45) is 0 Å². The van der Waals surface area contributed by atoms with Crippen LogP contribution in [-0.4, -0.2) is 64.2 Å². The van der Waals surface area contributed by atoms with E-state index in [2.05, 4.69) is 10.3 Å². The van der Waals surface area contributed by atoms with Crippen molar-refractivity contribution in [1.82, 2.24) is 15.2 Å². The van der Waals surface area contributed by atoms with E-state index in [0.717, 1.165) is 27.6 Å². The molecule has 1 spiro atoms. The van der Waals surface area contributed by atoms with Crippen molar-refractivity contribution in [2.45, 2.75) is 54.9 Å². The van der Waals surface area contributed by atoms with Gasteiger partial charge in [-0.3, -0.25) is 14.6 Å². The minimum Gasteiger partial charge on any atom is -0.493 e. The first-order valence-corrected chi connectivity index (χ1v) is 14.7. The van der Waals surface area contributed by atoms with Crippen LogP contribution in [0.3, 0.4) is 0 Å². The third-order valence-corrected chi connectivity index (χ3v) is 10.1. The Morgan fingerprint density at radius 2 is 2.09 bits per heavy atom. The summed E-state index contributed by atoms with van der Waals surface area (Å²) >= 11 is 0. The van der Waals surface area contributed by atoms with Crippen LogP contribution in [0.2, 0.25) is 0 Å². The van der Waals surface area contributed by atoms with Gasteiger partial charge in [0.15, 0.2) is 11.5 Å². The van der Waals surface area contributed by atoms with Crippen molar-refractivity contribution in [3.63, 3.8) is 0 Å². The predicted molar refractivity (Wildman–Crippen MR) is 158 cm³/mol. The van der Waals surface area contributed by atoms with E-state index >= 15 is 0 Å². The van der Waals surface area contributed by atoms with Crippen LogP contribution in [0.4, 0.5) is 0 Å². The zero-order valence-corrected chi connectivity index (χ0v) is 23.7. The highest BCUT2D eigenvalue weighted by molar-refractivity contribution is 5.98. The van der Waals surface area contributed by atoms with E-state index in [1.807, 2.05) is 47.4 Å². The van der Waals surface area contributed by atoms with Crippen molar-refractivity contribution in [3.05, 3.63) is 95.6 Å². The minimum absolute atomic E-state index is 0.105. The van der Waals surface area contributed by atoms with Crippen molar-refractivity contribution < 1.29 is 28.6 Å². The molecular formula is C34H31N3O6. The summed E-state index contributed by atoms with van der Waals surface area (Å²) in [6.45, 7) is 0.452. The van der Waals surface area contributed by atoms with E-state index in [0.29, 0.717) is 49.3 Å². The molecule has 1 saturated heterocycles. The second-order valence-electron chi connectivity index (χ2n) is 12.0. The van der Waals surface area contributed by atoms with Crippen LogP contribution >= 0.6 is 0 Å². The lowest BCUT2D eigenvalue weighted by Crippen LogP contribution is -2.78. The third-order valence-electron chi connectivity index (χ3n) is 10.1. The molecule has 5 atom stereocenters. The summed E-state index contributed by atoms with van der Waals surface area (Å²) in [7, 11) is 1.61. The Morgan fingerprint density at radius 1 is 1.19 bits per heavy atom. The second-order valence-corrected chi connectivity index (χ2v) is 12.0. The number of piperidine rings is 1. The molecule has 1 saturated carbocycles. The molecule has 0 unspecified atom stereocenters. The fourth-order valence-corrected chi connectivity index (χ4v) is 8.23. The molecule has 2 aromatic carbocycles. The van der Waals surface area contributed by atoms with Gasteiger partial charge in [-0.15, -0.1) is 0 Å². The van der Waals surface area contributed by atoms with Gasteiger partial charge in [-0.25, -0.2) is 0 Å². The average molecular weight is 578 g/mol. The summed E-state index contributed by atoms with van der Waals surface area (Å²) in [5.41, 5.74) is 2.15. The number of pyridine rings is 1. The Bertz CT molecular complexity index is 1800. The van der Waals surface area contributed by atoms with Crippen LogP contribution in [0.15, 0.2) is 77.7 Å². The number of likely N-dealkylation sites (tertiary alicyclic amines) is 1. The lowest BCUT2D eigenvalue weighted by Gasteiger charge is -2.64. The number of rotatable bonds is 5. The third kappa shape index (κ3) is 3.64. The number of hydrogen-bond acceptors (Lipinski definition) is 7. The number of methoxy groups -OCH3 is 1. The fraction of sp³-hybridized carbons (Fsp3) is 0.324. The monoisotopic (exact) mass is 577 g/mol. The van der Waals surface area contributed by atoms with Crippen LogP contribution in [-0.2, 0) is 16.6 Å². The second kappa shape index (κ2) is 9.44. The zero-order chi connectivity index (χ0) is 29.3. The Kier molecular flexibility index (Phi) is 5.71. The molecule has 4 aliphatic rings. The normalized spacial score (nSPS) is 28.4. The summed E-state index contributed by atoms with van der Waals surface area (Å²) in [5.74, 6) is 0.896. The lowest BCUT2D eigenvalue weighted by atomic mass is 9.48. The molecule has 4 heterocycles. The average Bonchev–Trinajstić information content (AvgIpc) is 3.67. The number of aliphatic hydroxyl groups is 1. The van der Waals surface area contributed by atoms with Crippen LogP contribution in [0, 0.1) is 0 Å². The quantitative estimate of drug-likeness (QED) is 0.344. The predicted octanol–water partition coefficient (Wildman–Crippen LogP) is 4.03. The molecule has 43 heavy (non-hydrogen) atoms. The van der Waals surface area contributed by atoms with Gasteiger partial charge >= 0.3 is 0 Å². The lowest BCUT2D eigenvalue weighted by molar-refractivity contribution is -0.183. The Labute approximate surface area is 248 Å². The molecule has 9 heteroatoms. The number of furan rings is 1. The van der Waals surface area contributed by atoms with Gasteiger partial charge in [0.05, 0.1) is 48.3 Å². The van der Waals surface area contributed by atoms with Gasteiger partial charge in [0, 0.05) is 40.9 Å². The maximum atomic E-state index is 14.1. The summed E-state index contributed by atoms with van der Waals surface area (Å²) in [5, 5.41) is 16.9. The molecule has 0 radical (unpaired) electrons. The molecule has 2 amide bonds. The Morgan fingerprint density at radius 3 is 2.93 bits per heavy atom. The highest BCUT2D eigenvalue weighted by Gasteiger charge is 2.73. The van der Waals surface area contributed by atoms with Crippen molar-refractivity contribution in [1.29, 1.82) is 0 Å². The number of nitrogens with one attached hydrogen (secondary N) is 1. The Hall–Kier alpha value is -4.63. The van der Waals surface area contributed by atoms with Crippen LogP contribution in [0.25, 0.3) is 17.0 Å². The molecule has 218 valence electrons. The molecule has 4 aromatic rings. The topological polar surface area (TPSA) is 114 Å². The molecule has 2 aliphatic heterocycles. The van der Waals surface area contributed by atoms with E-state index in [-0.39, 0.29) is 17.9 Å². The number of benzene rings is 2. The van der Waals surface area contributed by atoms with Gasteiger partial charge < -0.3 is 29.2 Å². The van der Waals surface area contributed by atoms with Gasteiger partial charge in [0.25, 0.3) is 5.91 Å². The van der Waals surface area contributed by atoms with Crippen LogP contribution < -0.4 is 14.8 Å². The summed E-state index contributed by atoms with van der Waals surface area (Å²) in [6, 6.07) is 14.3. The van der Waals surface area contributed by atoms with Gasteiger partial charge in [-0.2, -0.15) is 0 Å². The first-order valence-electron chi connectivity index (χ1n) is 14.7. The molecular weight excluding hydrogens is 546 g/mol. The fourth-order valence-electron chi connectivity index (χ4n) is 8.23. The first kappa shape index (κ1) is 26.0. The molecule has 2 aromatic heterocycles. The number of aromatic nitrogens is 1. The SMILES string of the molecule is COc1ccc2c3c1O[C@H]1[C@H](NC(=O)/C=C/c4ccoc4)CC[C@@]4(O)[C@@H](C2)N(C(=O)c2ccc5ncccc5c2)CC[C@]314. The molecule has 8 rings (SSSR count). The van der Waals surface area contributed by atoms with Gasteiger partial charge in [-0.1, -0.05) is 12.1 Å². The van der Waals surface area contributed by atoms with Crippen molar-refractivity contribution in [3.8, 4) is 11.5 Å². The van der Waals surface area contributed by atoms with E-state index < -0.39 is 23.2 Å². The van der Waals surface area contributed by atoms with Crippen molar-refractivity contribution in [2.75, 3.05) is 13.7 Å². The number of ether oxygens (including phenoxy) is 2.